The van der Waals surface area contributed by atoms with Crippen LogP contribution in [-0.4, -0.2) is 76.0 Å². The van der Waals surface area contributed by atoms with E-state index < -0.39 is 23.8 Å². The average Bonchev–Trinajstić information content (AvgIpc) is 3.67. The van der Waals surface area contributed by atoms with Crippen LogP contribution in [-0.2, 0) is 32.1 Å². The van der Waals surface area contributed by atoms with Gasteiger partial charge in [-0.2, -0.15) is 0 Å². The number of rotatable bonds is 7. The van der Waals surface area contributed by atoms with E-state index in [2.05, 4.69) is 10.6 Å². The number of fused-ring (bicyclic) bond motifs is 1. The van der Waals surface area contributed by atoms with Gasteiger partial charge in [-0.15, -0.1) is 0 Å². The monoisotopic (exact) mass is 599 g/mol. The molecule has 44 heavy (non-hydrogen) atoms. The van der Waals surface area contributed by atoms with Gasteiger partial charge in [0.15, 0.2) is 0 Å². The van der Waals surface area contributed by atoms with Gasteiger partial charge in [-0.25, -0.2) is 4.79 Å². The summed E-state index contributed by atoms with van der Waals surface area (Å²) >= 11 is 0. The number of carbonyl (C=O) groups excluding carboxylic acids is 4. The van der Waals surface area contributed by atoms with Crippen molar-refractivity contribution in [2.75, 3.05) is 25.5 Å². The second-order valence-electron chi connectivity index (χ2n) is 12.6. The third kappa shape index (κ3) is 7.37. The molecular formula is C34H41N5O5. The summed E-state index contributed by atoms with van der Waals surface area (Å²) in [6.45, 7) is 7.32. The van der Waals surface area contributed by atoms with Crippen LogP contribution in [0.3, 0.4) is 0 Å². The highest BCUT2D eigenvalue weighted by Gasteiger charge is 2.33. The van der Waals surface area contributed by atoms with Crippen LogP contribution in [0.2, 0.25) is 0 Å². The van der Waals surface area contributed by atoms with Gasteiger partial charge in [-0.1, -0.05) is 42.5 Å². The van der Waals surface area contributed by atoms with Crippen molar-refractivity contribution in [1.29, 1.82) is 0 Å². The summed E-state index contributed by atoms with van der Waals surface area (Å²) in [6.07, 6.45) is 3.31. The minimum absolute atomic E-state index is 0.0688. The van der Waals surface area contributed by atoms with Crippen LogP contribution < -0.4 is 10.6 Å². The van der Waals surface area contributed by atoms with Crippen LogP contribution in [0.1, 0.15) is 51.2 Å². The zero-order valence-corrected chi connectivity index (χ0v) is 25.8. The molecule has 0 bridgehead atoms. The molecule has 3 amide bonds. The average molecular weight is 600 g/mol. The smallest absolute Gasteiger partial charge is 0.418 e. The SMILES string of the molecule is CN1Cc2ccccc2NC(=O)C1CC(=O)N[C@H](Cc1ccc(-c2cccn2C(=O)OC(C)(C)C)cc1)C(=O)N1CCCC1. The Hall–Kier alpha value is -4.44. The fourth-order valence-corrected chi connectivity index (χ4v) is 5.74. The molecule has 0 saturated carbocycles. The van der Waals surface area contributed by atoms with Gasteiger partial charge in [-0.05, 0) is 75.5 Å². The van der Waals surface area contributed by atoms with Crippen LogP contribution in [0.15, 0.2) is 66.9 Å². The summed E-state index contributed by atoms with van der Waals surface area (Å²) in [6, 6.07) is 17.4. The Morgan fingerprint density at radius 2 is 1.70 bits per heavy atom. The van der Waals surface area contributed by atoms with Crippen LogP contribution >= 0.6 is 0 Å². The highest BCUT2D eigenvalue weighted by atomic mass is 16.6. The number of likely N-dealkylation sites (tertiary alicyclic amines) is 1. The Balaban J connectivity index is 1.29. The molecule has 2 aliphatic heterocycles. The van der Waals surface area contributed by atoms with E-state index in [1.54, 1.807) is 17.2 Å². The number of likely N-dealkylation sites (N-methyl/N-ethyl adjacent to an activating group) is 1. The fourth-order valence-electron chi connectivity index (χ4n) is 5.74. The van der Waals surface area contributed by atoms with Crippen molar-refractivity contribution < 1.29 is 23.9 Å². The van der Waals surface area contributed by atoms with Crippen molar-refractivity contribution in [2.45, 2.75) is 70.7 Å². The third-order valence-corrected chi connectivity index (χ3v) is 7.99. The molecule has 0 radical (unpaired) electrons. The van der Waals surface area contributed by atoms with Gasteiger partial charge in [0.05, 0.1) is 18.2 Å². The summed E-state index contributed by atoms with van der Waals surface area (Å²) in [5.74, 6) is -0.723. The molecule has 0 spiro atoms. The molecule has 2 aromatic carbocycles. The van der Waals surface area contributed by atoms with Crippen molar-refractivity contribution in [2.24, 2.45) is 0 Å². The number of hydrogen-bond acceptors (Lipinski definition) is 6. The summed E-state index contributed by atoms with van der Waals surface area (Å²) in [5, 5.41) is 5.90. The third-order valence-electron chi connectivity index (χ3n) is 7.99. The lowest BCUT2D eigenvalue weighted by Gasteiger charge is -2.27. The Kier molecular flexibility index (Phi) is 9.20. The lowest BCUT2D eigenvalue weighted by atomic mass is 10.0. The Bertz CT molecular complexity index is 1520. The first-order chi connectivity index (χ1) is 21.0. The van der Waals surface area contributed by atoms with Gasteiger partial charge in [-0.3, -0.25) is 23.9 Å². The van der Waals surface area contributed by atoms with Gasteiger partial charge in [0.1, 0.15) is 11.6 Å². The van der Waals surface area contributed by atoms with Crippen molar-refractivity contribution >= 4 is 29.5 Å². The molecule has 3 heterocycles. The topological polar surface area (TPSA) is 113 Å². The molecule has 1 saturated heterocycles. The highest BCUT2D eigenvalue weighted by molar-refractivity contribution is 5.99. The number of carbonyl (C=O) groups is 4. The number of para-hydroxylation sites is 1. The van der Waals surface area contributed by atoms with E-state index in [9.17, 15) is 19.2 Å². The largest absolute Gasteiger partial charge is 0.443 e. The van der Waals surface area contributed by atoms with Gasteiger partial charge < -0.3 is 20.3 Å². The normalized spacial score (nSPS) is 17.8. The lowest BCUT2D eigenvalue weighted by molar-refractivity contribution is -0.136. The number of nitrogens with zero attached hydrogens (tertiary/aromatic N) is 3. The van der Waals surface area contributed by atoms with Gasteiger partial charge in [0.2, 0.25) is 17.7 Å². The number of aromatic nitrogens is 1. The molecule has 5 rings (SSSR count). The predicted octanol–water partition coefficient (Wildman–Crippen LogP) is 4.43. The molecule has 2 N–H and O–H groups in total. The quantitative estimate of drug-likeness (QED) is 0.416. The molecule has 1 unspecified atom stereocenters. The molecule has 10 nitrogen and oxygen atoms in total. The zero-order chi connectivity index (χ0) is 31.4. The highest BCUT2D eigenvalue weighted by Crippen LogP contribution is 2.25. The van der Waals surface area contributed by atoms with E-state index in [1.165, 1.54) is 4.57 Å². The Morgan fingerprint density at radius 1 is 1.00 bits per heavy atom. The lowest BCUT2D eigenvalue weighted by Crippen LogP contribution is -2.51. The van der Waals surface area contributed by atoms with Crippen molar-refractivity contribution in [3.8, 4) is 11.3 Å². The second kappa shape index (κ2) is 13.1. The first-order valence-corrected chi connectivity index (χ1v) is 15.2. The van der Waals surface area contributed by atoms with Crippen LogP contribution in [0, 0.1) is 0 Å². The van der Waals surface area contributed by atoms with E-state index in [-0.39, 0.29) is 24.1 Å². The van der Waals surface area contributed by atoms with E-state index in [0.717, 1.165) is 35.2 Å². The molecule has 2 aliphatic rings. The molecule has 10 heteroatoms. The summed E-state index contributed by atoms with van der Waals surface area (Å²) < 4.78 is 7.01. The predicted molar refractivity (Wildman–Crippen MR) is 168 cm³/mol. The van der Waals surface area contributed by atoms with Crippen LogP contribution in [0.25, 0.3) is 11.3 Å². The maximum absolute atomic E-state index is 13.6. The minimum atomic E-state index is -0.770. The number of anilines is 1. The molecule has 0 aliphatic carbocycles. The Morgan fingerprint density at radius 3 is 2.41 bits per heavy atom. The summed E-state index contributed by atoms with van der Waals surface area (Å²) in [5.41, 5.74) is 3.48. The number of benzene rings is 2. The second-order valence-corrected chi connectivity index (χ2v) is 12.6. The summed E-state index contributed by atoms with van der Waals surface area (Å²) in [7, 11) is 1.83. The maximum atomic E-state index is 13.6. The first-order valence-electron chi connectivity index (χ1n) is 15.2. The number of amides is 3. The van der Waals surface area contributed by atoms with Gasteiger partial charge >= 0.3 is 6.09 Å². The van der Waals surface area contributed by atoms with Crippen LogP contribution in [0.5, 0.6) is 0 Å². The molecule has 1 fully saturated rings. The first kappa shape index (κ1) is 31.0. The van der Waals surface area contributed by atoms with Crippen LogP contribution in [0.4, 0.5) is 10.5 Å². The van der Waals surface area contributed by atoms with Gasteiger partial charge in [0.25, 0.3) is 0 Å². The Labute approximate surface area is 258 Å². The molecule has 2 atom stereocenters. The molecule has 1 aromatic heterocycles. The number of nitrogens with one attached hydrogen (secondary N) is 2. The molecule has 3 aromatic rings. The number of hydrogen-bond donors (Lipinski definition) is 2. The van der Waals surface area contributed by atoms with E-state index >= 15 is 0 Å². The zero-order valence-electron chi connectivity index (χ0n) is 25.8. The maximum Gasteiger partial charge on any atom is 0.418 e. The van der Waals surface area contributed by atoms with Crippen molar-refractivity contribution in [3.63, 3.8) is 0 Å². The minimum Gasteiger partial charge on any atom is -0.443 e. The van der Waals surface area contributed by atoms with Gasteiger partial charge in [0, 0.05) is 37.9 Å². The molecule has 232 valence electrons. The molecular weight excluding hydrogens is 558 g/mol. The fraction of sp³-hybridized carbons (Fsp3) is 0.412. The van der Waals surface area contributed by atoms with E-state index in [0.29, 0.717) is 31.7 Å². The van der Waals surface area contributed by atoms with Crippen molar-refractivity contribution in [1.82, 2.24) is 19.7 Å². The van der Waals surface area contributed by atoms with Crippen molar-refractivity contribution in [3.05, 3.63) is 78.0 Å². The summed E-state index contributed by atoms with van der Waals surface area (Å²) in [4.78, 5) is 56.4. The van der Waals surface area contributed by atoms with E-state index in [1.807, 2.05) is 87.3 Å². The number of ether oxygens (including phenoxy) is 1. The van der Waals surface area contributed by atoms with E-state index in [4.69, 9.17) is 4.74 Å². The standard InChI is InChI=1S/C34H41N5O5/c1-34(2,3)44-33(43)39-19-9-12-28(39)24-15-13-23(14-16-24)20-27(32(42)38-17-7-8-18-38)35-30(40)21-29-31(41)36-26-11-6-5-10-25(26)22-37(29)4/h5-6,9-16,19,27,29H,7-8,17-18,20-22H2,1-4H3,(H,35,40)(H,36,41)/t27-,29?/m1/s1.